The number of rotatable bonds is 6. The number of nitrogens with one attached hydrogen (secondary N) is 3. The predicted octanol–water partition coefficient (Wildman–Crippen LogP) is 0.621. The van der Waals surface area contributed by atoms with Gasteiger partial charge in [-0.25, -0.2) is 4.98 Å². The van der Waals surface area contributed by atoms with Crippen molar-refractivity contribution in [2.45, 2.75) is 26.3 Å². The highest BCUT2D eigenvalue weighted by molar-refractivity contribution is 5.94. The molecule has 0 aliphatic carbocycles. The van der Waals surface area contributed by atoms with Crippen molar-refractivity contribution in [2.24, 2.45) is 5.92 Å². The average Bonchev–Trinajstić information content (AvgIpc) is 2.65. The second kappa shape index (κ2) is 9.26. The third-order valence-corrected chi connectivity index (χ3v) is 3.57. The van der Waals surface area contributed by atoms with E-state index in [1.807, 2.05) is 30.3 Å². The fourth-order valence-electron chi connectivity index (χ4n) is 2.22. The zero-order valence-corrected chi connectivity index (χ0v) is 14.6. The number of nitrogens with zero attached hydrogens (tertiary/aromatic N) is 2. The van der Waals surface area contributed by atoms with Crippen molar-refractivity contribution in [3.8, 4) is 0 Å². The van der Waals surface area contributed by atoms with Gasteiger partial charge >= 0.3 is 0 Å². The molecule has 0 aliphatic heterocycles. The summed E-state index contributed by atoms with van der Waals surface area (Å²) in [5.41, 5.74) is 5.50. The summed E-state index contributed by atoms with van der Waals surface area (Å²) in [6.07, 6.45) is 4.26. The van der Waals surface area contributed by atoms with E-state index in [-0.39, 0.29) is 23.9 Å². The van der Waals surface area contributed by atoms with Crippen LogP contribution in [0.3, 0.4) is 0 Å². The Morgan fingerprint density at radius 2 is 1.77 bits per heavy atom. The number of benzene rings is 1. The first-order valence-corrected chi connectivity index (χ1v) is 8.17. The Morgan fingerprint density at radius 3 is 2.38 bits per heavy atom. The molecular formula is C18H21N5O3. The summed E-state index contributed by atoms with van der Waals surface area (Å²) < 4.78 is 0. The van der Waals surface area contributed by atoms with E-state index in [1.165, 1.54) is 18.6 Å². The predicted molar refractivity (Wildman–Crippen MR) is 94.6 cm³/mol. The van der Waals surface area contributed by atoms with Gasteiger partial charge in [-0.2, -0.15) is 0 Å². The van der Waals surface area contributed by atoms with Crippen LogP contribution >= 0.6 is 0 Å². The highest BCUT2D eigenvalue weighted by Crippen LogP contribution is 2.04. The SMILES string of the molecule is CC(C)[C@H](NC(=O)Cc1ccccc1)C(=O)NNC(=O)c1cnccn1. The first-order chi connectivity index (χ1) is 12.5. The van der Waals surface area contributed by atoms with Crippen molar-refractivity contribution in [3.63, 3.8) is 0 Å². The Morgan fingerprint density at radius 1 is 1.04 bits per heavy atom. The molecule has 2 aromatic rings. The van der Waals surface area contributed by atoms with E-state index in [2.05, 4.69) is 26.1 Å². The molecule has 1 heterocycles. The molecular weight excluding hydrogens is 334 g/mol. The van der Waals surface area contributed by atoms with Crippen LogP contribution in [0, 0.1) is 5.92 Å². The number of aromatic nitrogens is 2. The lowest BCUT2D eigenvalue weighted by atomic mass is 10.0. The smallest absolute Gasteiger partial charge is 0.289 e. The van der Waals surface area contributed by atoms with Gasteiger partial charge in [-0.1, -0.05) is 44.2 Å². The maximum absolute atomic E-state index is 12.3. The number of hydrazine groups is 1. The minimum Gasteiger partial charge on any atom is -0.344 e. The first kappa shape index (κ1) is 19.0. The van der Waals surface area contributed by atoms with Crippen LogP contribution < -0.4 is 16.2 Å². The highest BCUT2D eigenvalue weighted by Gasteiger charge is 2.24. The van der Waals surface area contributed by atoms with E-state index in [1.54, 1.807) is 13.8 Å². The molecule has 0 bridgehead atoms. The van der Waals surface area contributed by atoms with Gasteiger partial charge in [0.2, 0.25) is 5.91 Å². The number of amides is 3. The minimum absolute atomic E-state index is 0.0713. The summed E-state index contributed by atoms with van der Waals surface area (Å²) >= 11 is 0. The lowest BCUT2D eigenvalue weighted by Gasteiger charge is -2.21. The van der Waals surface area contributed by atoms with Gasteiger partial charge in [-0.15, -0.1) is 0 Å². The molecule has 3 amide bonds. The molecule has 2 rings (SSSR count). The van der Waals surface area contributed by atoms with Crippen LogP contribution in [-0.4, -0.2) is 33.7 Å². The van der Waals surface area contributed by atoms with Gasteiger partial charge in [0.25, 0.3) is 11.8 Å². The van der Waals surface area contributed by atoms with Gasteiger partial charge in [0.1, 0.15) is 11.7 Å². The number of carbonyl (C=O) groups is 3. The van der Waals surface area contributed by atoms with Crippen LogP contribution in [0.2, 0.25) is 0 Å². The molecule has 1 aromatic carbocycles. The minimum atomic E-state index is -0.784. The Labute approximate surface area is 151 Å². The zero-order chi connectivity index (χ0) is 18.9. The van der Waals surface area contributed by atoms with E-state index < -0.39 is 17.9 Å². The van der Waals surface area contributed by atoms with Crippen molar-refractivity contribution >= 4 is 17.7 Å². The largest absolute Gasteiger partial charge is 0.344 e. The molecule has 0 unspecified atom stereocenters. The standard InChI is InChI=1S/C18H21N5O3/c1-12(2)16(21-15(24)10-13-6-4-3-5-7-13)18(26)23-22-17(25)14-11-19-8-9-20-14/h3-9,11-12,16H,10H2,1-2H3,(H,21,24)(H,22,25)(H,23,26)/t16-/m0/s1. The normalized spacial score (nSPS) is 11.5. The Balaban J connectivity index is 1.90. The van der Waals surface area contributed by atoms with Gasteiger partial charge in [0.15, 0.2) is 0 Å². The van der Waals surface area contributed by atoms with Crippen molar-refractivity contribution in [1.82, 2.24) is 26.1 Å². The third kappa shape index (κ3) is 5.66. The van der Waals surface area contributed by atoms with E-state index in [0.29, 0.717) is 0 Å². The van der Waals surface area contributed by atoms with Crippen LogP contribution in [0.5, 0.6) is 0 Å². The Bertz CT molecular complexity index is 750. The number of hydrogen-bond acceptors (Lipinski definition) is 5. The van der Waals surface area contributed by atoms with Crippen molar-refractivity contribution in [3.05, 3.63) is 60.2 Å². The molecule has 136 valence electrons. The fourth-order valence-corrected chi connectivity index (χ4v) is 2.22. The summed E-state index contributed by atoms with van der Waals surface area (Å²) in [7, 11) is 0. The van der Waals surface area contributed by atoms with Crippen LogP contribution in [0.15, 0.2) is 48.9 Å². The fraction of sp³-hybridized carbons (Fsp3) is 0.278. The molecule has 8 nitrogen and oxygen atoms in total. The topological polar surface area (TPSA) is 113 Å². The van der Waals surface area contributed by atoms with Crippen molar-refractivity contribution < 1.29 is 14.4 Å². The average molecular weight is 355 g/mol. The van der Waals surface area contributed by atoms with Gasteiger partial charge in [0.05, 0.1) is 12.6 Å². The summed E-state index contributed by atoms with van der Waals surface area (Å²) in [6.45, 7) is 3.61. The molecule has 0 aliphatic rings. The van der Waals surface area contributed by atoms with Gasteiger partial charge < -0.3 is 5.32 Å². The molecule has 1 atom stereocenters. The van der Waals surface area contributed by atoms with E-state index in [4.69, 9.17) is 0 Å². The summed E-state index contributed by atoms with van der Waals surface area (Å²) in [4.78, 5) is 44.0. The second-order valence-corrected chi connectivity index (χ2v) is 5.99. The molecule has 0 saturated heterocycles. The maximum Gasteiger partial charge on any atom is 0.289 e. The summed E-state index contributed by atoms with van der Waals surface area (Å²) in [5.74, 6) is -1.54. The number of carbonyl (C=O) groups excluding carboxylic acids is 3. The summed E-state index contributed by atoms with van der Waals surface area (Å²) in [5, 5.41) is 2.70. The second-order valence-electron chi connectivity index (χ2n) is 5.99. The lowest BCUT2D eigenvalue weighted by Crippen LogP contribution is -2.54. The monoisotopic (exact) mass is 355 g/mol. The van der Waals surface area contributed by atoms with Crippen LogP contribution in [0.25, 0.3) is 0 Å². The van der Waals surface area contributed by atoms with E-state index in [0.717, 1.165) is 5.56 Å². The van der Waals surface area contributed by atoms with Crippen molar-refractivity contribution in [1.29, 1.82) is 0 Å². The third-order valence-electron chi connectivity index (χ3n) is 3.57. The molecule has 0 fully saturated rings. The number of hydrogen-bond donors (Lipinski definition) is 3. The van der Waals surface area contributed by atoms with Gasteiger partial charge in [0, 0.05) is 12.4 Å². The Hall–Kier alpha value is -3.29. The quantitative estimate of drug-likeness (QED) is 0.658. The van der Waals surface area contributed by atoms with E-state index >= 15 is 0 Å². The van der Waals surface area contributed by atoms with Gasteiger partial charge in [-0.3, -0.25) is 30.2 Å². The Kier molecular flexibility index (Phi) is 6.78. The van der Waals surface area contributed by atoms with Crippen LogP contribution in [-0.2, 0) is 16.0 Å². The molecule has 0 saturated carbocycles. The molecule has 3 N–H and O–H groups in total. The molecule has 8 heteroatoms. The van der Waals surface area contributed by atoms with Gasteiger partial charge in [-0.05, 0) is 11.5 Å². The molecule has 0 spiro atoms. The zero-order valence-electron chi connectivity index (χ0n) is 14.6. The van der Waals surface area contributed by atoms with Crippen LogP contribution in [0.1, 0.15) is 29.9 Å². The first-order valence-electron chi connectivity index (χ1n) is 8.17. The van der Waals surface area contributed by atoms with Crippen molar-refractivity contribution in [2.75, 3.05) is 0 Å². The lowest BCUT2D eigenvalue weighted by molar-refractivity contribution is -0.130. The molecule has 26 heavy (non-hydrogen) atoms. The van der Waals surface area contributed by atoms with Crippen LogP contribution in [0.4, 0.5) is 0 Å². The van der Waals surface area contributed by atoms with E-state index in [9.17, 15) is 14.4 Å². The summed E-state index contributed by atoms with van der Waals surface area (Å²) in [6, 6.07) is 8.45. The maximum atomic E-state index is 12.3. The molecule has 0 radical (unpaired) electrons. The highest BCUT2D eigenvalue weighted by atomic mass is 16.2. The molecule has 1 aromatic heterocycles.